The second-order valence-electron chi connectivity index (χ2n) is 5.79. The highest BCUT2D eigenvalue weighted by atomic mass is 32.1. The molecule has 138 valence electrons. The summed E-state index contributed by atoms with van der Waals surface area (Å²) in [5, 5.41) is 2.98. The van der Waals surface area contributed by atoms with Crippen molar-refractivity contribution in [2.45, 2.75) is 27.4 Å². The van der Waals surface area contributed by atoms with E-state index in [1.807, 2.05) is 26.0 Å². The van der Waals surface area contributed by atoms with Crippen molar-refractivity contribution in [3.63, 3.8) is 0 Å². The minimum Gasteiger partial charge on any atom is -0.457 e. The number of rotatable bonds is 8. The van der Waals surface area contributed by atoms with Crippen LogP contribution in [0, 0.1) is 20.8 Å². The van der Waals surface area contributed by atoms with Crippen LogP contribution in [0.1, 0.15) is 32.1 Å². The lowest BCUT2D eigenvalue weighted by Crippen LogP contribution is -2.18. The largest absolute Gasteiger partial charge is 0.457 e. The maximum atomic E-state index is 12.0. The number of carbonyl (C=O) groups excluding carboxylic acids is 2. The van der Waals surface area contributed by atoms with Crippen LogP contribution >= 0.6 is 11.3 Å². The number of amides is 1. The molecule has 0 aliphatic rings. The number of esters is 1. The van der Waals surface area contributed by atoms with Gasteiger partial charge in [0.15, 0.2) is 5.13 Å². The van der Waals surface area contributed by atoms with E-state index in [0.717, 1.165) is 22.5 Å². The first-order valence-corrected chi connectivity index (χ1v) is 8.91. The van der Waals surface area contributed by atoms with Crippen molar-refractivity contribution >= 4 is 28.3 Å². The van der Waals surface area contributed by atoms with Crippen molar-refractivity contribution in [2.75, 3.05) is 18.5 Å². The molecule has 0 atom stereocenters. The number of aryl methyl sites for hydroxylation is 3. The Morgan fingerprint density at radius 3 is 2.77 bits per heavy atom. The number of thiazole rings is 1. The molecule has 0 saturated carbocycles. The van der Waals surface area contributed by atoms with E-state index < -0.39 is 5.97 Å². The van der Waals surface area contributed by atoms with E-state index in [1.165, 1.54) is 11.6 Å². The summed E-state index contributed by atoms with van der Waals surface area (Å²) in [5.41, 5.74) is 3.87. The number of nitrogens with zero attached hydrogens (tertiary/aromatic N) is 1. The van der Waals surface area contributed by atoms with Gasteiger partial charge in [-0.3, -0.25) is 10.1 Å². The van der Waals surface area contributed by atoms with Gasteiger partial charge in [-0.25, -0.2) is 9.78 Å². The van der Waals surface area contributed by atoms with Gasteiger partial charge in [-0.2, -0.15) is 0 Å². The summed E-state index contributed by atoms with van der Waals surface area (Å²) in [6.07, 6.45) is 1.49. The van der Waals surface area contributed by atoms with Gasteiger partial charge in [0.2, 0.25) is 0 Å². The highest BCUT2D eigenvalue weighted by molar-refractivity contribution is 7.17. The van der Waals surface area contributed by atoms with Crippen LogP contribution in [0.15, 0.2) is 30.9 Å². The molecule has 0 spiro atoms. The number of benzene rings is 1. The van der Waals surface area contributed by atoms with Crippen LogP contribution in [0.2, 0.25) is 0 Å². The van der Waals surface area contributed by atoms with Crippen LogP contribution < -0.4 is 5.32 Å². The van der Waals surface area contributed by atoms with Crippen LogP contribution in [0.25, 0.3) is 0 Å². The molecule has 1 heterocycles. The average molecular weight is 374 g/mol. The standard InChI is InChI=1S/C19H22N2O4S/c1-5-8-25-18(23)17-14(4)20-19(26-17)21-16(22)11-24-10-15-7-6-12(2)9-13(15)3/h5-7,9H,1,8,10-11H2,2-4H3,(H,20,21,22). The SMILES string of the molecule is C=CCOC(=O)c1sc(NC(=O)COCc2ccc(C)cc2C)nc1C. The molecule has 0 saturated heterocycles. The van der Waals surface area contributed by atoms with E-state index in [2.05, 4.69) is 22.9 Å². The highest BCUT2D eigenvalue weighted by Gasteiger charge is 2.17. The minimum atomic E-state index is -0.480. The van der Waals surface area contributed by atoms with Crippen LogP contribution in [0.3, 0.4) is 0 Å². The highest BCUT2D eigenvalue weighted by Crippen LogP contribution is 2.23. The average Bonchev–Trinajstić information content (AvgIpc) is 2.95. The smallest absolute Gasteiger partial charge is 0.350 e. The molecule has 0 radical (unpaired) electrons. The van der Waals surface area contributed by atoms with Crippen LogP contribution in [-0.2, 0) is 20.9 Å². The van der Waals surface area contributed by atoms with Gasteiger partial charge in [-0.1, -0.05) is 47.8 Å². The van der Waals surface area contributed by atoms with Gasteiger partial charge in [0.25, 0.3) is 5.91 Å². The summed E-state index contributed by atoms with van der Waals surface area (Å²) in [5.74, 6) is -0.805. The second-order valence-corrected chi connectivity index (χ2v) is 6.79. The number of ether oxygens (including phenoxy) is 2. The molecule has 0 aliphatic heterocycles. The summed E-state index contributed by atoms with van der Waals surface area (Å²) in [4.78, 5) is 28.4. The third-order valence-corrected chi connectivity index (χ3v) is 4.60. The monoisotopic (exact) mass is 374 g/mol. The van der Waals surface area contributed by atoms with E-state index >= 15 is 0 Å². The molecule has 1 amide bonds. The Morgan fingerprint density at radius 1 is 1.31 bits per heavy atom. The molecule has 0 aliphatic carbocycles. The lowest BCUT2D eigenvalue weighted by Gasteiger charge is -2.08. The minimum absolute atomic E-state index is 0.0951. The third kappa shape index (κ3) is 5.50. The molecule has 0 unspecified atom stereocenters. The van der Waals surface area contributed by atoms with Crippen molar-refractivity contribution in [3.8, 4) is 0 Å². The van der Waals surface area contributed by atoms with E-state index in [1.54, 1.807) is 6.92 Å². The van der Waals surface area contributed by atoms with Crippen molar-refractivity contribution < 1.29 is 19.1 Å². The van der Waals surface area contributed by atoms with Gasteiger partial charge in [-0.05, 0) is 31.9 Å². The lowest BCUT2D eigenvalue weighted by molar-refractivity contribution is -0.121. The molecule has 0 fully saturated rings. The van der Waals surface area contributed by atoms with E-state index in [4.69, 9.17) is 9.47 Å². The molecule has 26 heavy (non-hydrogen) atoms. The molecule has 1 N–H and O–H groups in total. The van der Waals surface area contributed by atoms with Gasteiger partial charge in [-0.15, -0.1) is 0 Å². The number of hydrogen-bond donors (Lipinski definition) is 1. The zero-order valence-corrected chi connectivity index (χ0v) is 15.9. The Bertz CT molecular complexity index is 814. The topological polar surface area (TPSA) is 77.5 Å². The Balaban J connectivity index is 1.86. The number of anilines is 1. The Kier molecular flexibility index (Phi) is 7.06. The number of carbonyl (C=O) groups is 2. The zero-order chi connectivity index (χ0) is 19.1. The van der Waals surface area contributed by atoms with Crippen molar-refractivity contribution in [3.05, 3.63) is 58.1 Å². The van der Waals surface area contributed by atoms with Crippen molar-refractivity contribution in [1.29, 1.82) is 0 Å². The van der Waals surface area contributed by atoms with Gasteiger partial charge in [0.1, 0.15) is 18.1 Å². The van der Waals surface area contributed by atoms with E-state index in [-0.39, 0.29) is 19.1 Å². The maximum Gasteiger partial charge on any atom is 0.350 e. The summed E-state index contributed by atoms with van der Waals surface area (Å²) < 4.78 is 10.5. The Morgan fingerprint density at radius 2 is 2.08 bits per heavy atom. The first kappa shape index (κ1) is 19.8. The van der Waals surface area contributed by atoms with Gasteiger partial charge in [0.05, 0.1) is 12.3 Å². The quantitative estimate of drug-likeness (QED) is 0.565. The van der Waals surface area contributed by atoms with Crippen molar-refractivity contribution in [1.82, 2.24) is 4.98 Å². The predicted molar refractivity (Wildman–Crippen MR) is 102 cm³/mol. The fourth-order valence-electron chi connectivity index (χ4n) is 2.26. The Hall–Kier alpha value is -2.51. The molecule has 1 aromatic heterocycles. The molecule has 1 aromatic carbocycles. The molecule has 0 bridgehead atoms. The summed E-state index contributed by atoms with van der Waals surface area (Å²) in [6.45, 7) is 9.61. The van der Waals surface area contributed by atoms with Gasteiger partial charge < -0.3 is 9.47 Å². The molecular weight excluding hydrogens is 352 g/mol. The predicted octanol–water partition coefficient (Wildman–Crippen LogP) is 3.57. The molecule has 2 aromatic rings. The van der Waals surface area contributed by atoms with E-state index in [9.17, 15) is 9.59 Å². The third-order valence-electron chi connectivity index (χ3n) is 3.55. The Labute approximate surface area is 156 Å². The van der Waals surface area contributed by atoms with E-state index in [0.29, 0.717) is 22.3 Å². The summed E-state index contributed by atoms with van der Waals surface area (Å²) >= 11 is 1.07. The molecule has 7 heteroatoms. The fraction of sp³-hybridized carbons (Fsp3) is 0.316. The van der Waals surface area contributed by atoms with Crippen LogP contribution in [0.5, 0.6) is 0 Å². The van der Waals surface area contributed by atoms with Crippen molar-refractivity contribution in [2.24, 2.45) is 0 Å². The summed E-state index contributed by atoms with van der Waals surface area (Å²) in [7, 11) is 0. The van der Waals surface area contributed by atoms with Gasteiger partial charge in [0, 0.05) is 0 Å². The normalized spacial score (nSPS) is 10.4. The number of aromatic nitrogens is 1. The number of hydrogen-bond acceptors (Lipinski definition) is 6. The summed E-state index contributed by atoms with van der Waals surface area (Å²) in [6, 6.07) is 6.08. The lowest BCUT2D eigenvalue weighted by atomic mass is 10.1. The molecule has 2 rings (SSSR count). The van der Waals surface area contributed by atoms with Crippen LogP contribution in [0.4, 0.5) is 5.13 Å². The fourth-order valence-corrected chi connectivity index (χ4v) is 3.13. The first-order chi connectivity index (χ1) is 12.4. The van der Waals surface area contributed by atoms with Crippen LogP contribution in [-0.4, -0.2) is 30.1 Å². The van der Waals surface area contributed by atoms with Gasteiger partial charge >= 0.3 is 5.97 Å². The molecule has 6 nitrogen and oxygen atoms in total. The number of nitrogens with one attached hydrogen (secondary N) is 1. The maximum absolute atomic E-state index is 12.0. The first-order valence-electron chi connectivity index (χ1n) is 8.10. The zero-order valence-electron chi connectivity index (χ0n) is 15.1. The second kappa shape index (κ2) is 9.26. The molecular formula is C19H22N2O4S.